The second-order valence-electron chi connectivity index (χ2n) is 18.4. The van der Waals surface area contributed by atoms with Crippen molar-refractivity contribution in [1.82, 2.24) is 9.80 Å². The van der Waals surface area contributed by atoms with E-state index in [1.807, 2.05) is 0 Å². The molecule has 0 aromatic rings. The van der Waals surface area contributed by atoms with E-state index in [0.717, 1.165) is 57.9 Å². The van der Waals surface area contributed by atoms with Crippen LogP contribution in [0, 0.1) is 11.8 Å². The quantitative estimate of drug-likeness (QED) is 0.0450. The highest BCUT2D eigenvalue weighted by Crippen LogP contribution is 2.22. The Morgan fingerprint density at radius 1 is 0.345 bits per heavy atom. The number of hydrogen-bond donors (Lipinski definition) is 0. The Labute approximate surface area is 363 Å². The summed E-state index contributed by atoms with van der Waals surface area (Å²) >= 11 is 0. The van der Waals surface area contributed by atoms with Crippen molar-refractivity contribution in [3.8, 4) is 0 Å². The first kappa shape index (κ1) is 56.9. The van der Waals surface area contributed by atoms with Gasteiger partial charge >= 0.3 is 11.9 Å². The number of hydrogen-bond acceptors (Lipinski definition) is 6. The van der Waals surface area contributed by atoms with Crippen LogP contribution in [0.4, 0.5) is 0 Å². The minimum Gasteiger partial charge on any atom is -0.465 e. The molecule has 0 aromatic heterocycles. The molecule has 0 aliphatic carbocycles. The fraction of sp³-hybridized carbons (Fsp3) is 0.962. The number of carbonyl (C=O) groups excluding carboxylic acids is 2. The molecule has 0 amide bonds. The molecule has 0 heterocycles. The average Bonchev–Trinajstić information content (AvgIpc) is 3.21. The number of esters is 2. The maximum atomic E-state index is 12.9. The molecule has 0 spiro atoms. The van der Waals surface area contributed by atoms with Gasteiger partial charge in [-0.05, 0) is 78.6 Å². The van der Waals surface area contributed by atoms with Gasteiger partial charge in [0, 0.05) is 13.1 Å². The Hall–Kier alpha value is -1.14. The molecule has 6 nitrogen and oxygen atoms in total. The summed E-state index contributed by atoms with van der Waals surface area (Å²) in [5.74, 6) is 0.399. The van der Waals surface area contributed by atoms with Crippen molar-refractivity contribution in [3.63, 3.8) is 0 Å². The summed E-state index contributed by atoms with van der Waals surface area (Å²) in [6.45, 7) is 15.0. The number of unbranched alkanes of at least 4 members (excludes halogenated alkanes) is 26. The predicted molar refractivity (Wildman–Crippen MR) is 253 cm³/mol. The van der Waals surface area contributed by atoms with E-state index in [1.54, 1.807) is 0 Å². The van der Waals surface area contributed by atoms with Crippen LogP contribution in [0.1, 0.15) is 259 Å². The molecule has 0 saturated heterocycles. The fourth-order valence-electron chi connectivity index (χ4n) is 8.28. The summed E-state index contributed by atoms with van der Waals surface area (Å²) in [4.78, 5) is 30.8. The van der Waals surface area contributed by atoms with Gasteiger partial charge in [-0.1, -0.05) is 207 Å². The molecule has 0 bridgehead atoms. The number of nitrogens with zero attached hydrogens (tertiary/aromatic N) is 2. The average molecular weight is 821 g/mol. The van der Waals surface area contributed by atoms with Crippen molar-refractivity contribution in [2.45, 2.75) is 259 Å². The zero-order chi connectivity index (χ0) is 42.6. The number of rotatable bonds is 47. The van der Waals surface area contributed by atoms with Crippen LogP contribution in [0.2, 0.25) is 0 Å². The van der Waals surface area contributed by atoms with E-state index in [9.17, 15) is 9.59 Å². The third kappa shape index (κ3) is 39.0. The Morgan fingerprint density at radius 3 is 0.948 bits per heavy atom. The van der Waals surface area contributed by atoms with Gasteiger partial charge in [0.1, 0.15) is 0 Å². The summed E-state index contributed by atoms with van der Waals surface area (Å²) in [5, 5.41) is 0. The van der Waals surface area contributed by atoms with Crippen LogP contribution in [0.5, 0.6) is 0 Å². The smallest absolute Gasteiger partial charge is 0.308 e. The van der Waals surface area contributed by atoms with Gasteiger partial charge < -0.3 is 19.3 Å². The predicted octanol–water partition coefficient (Wildman–Crippen LogP) is 15.3. The first-order valence-electron chi connectivity index (χ1n) is 26.1. The normalized spacial score (nSPS) is 12.3. The van der Waals surface area contributed by atoms with E-state index in [4.69, 9.17) is 9.47 Å². The minimum absolute atomic E-state index is 0.0770. The molecule has 58 heavy (non-hydrogen) atoms. The molecule has 346 valence electrons. The Kier molecular flexibility index (Phi) is 44.5. The van der Waals surface area contributed by atoms with E-state index < -0.39 is 0 Å². The third-order valence-corrected chi connectivity index (χ3v) is 12.4. The summed E-state index contributed by atoms with van der Waals surface area (Å²) < 4.78 is 11.6. The molecule has 0 N–H and O–H groups in total. The van der Waals surface area contributed by atoms with Gasteiger partial charge in [-0.15, -0.1) is 0 Å². The van der Waals surface area contributed by atoms with Crippen molar-refractivity contribution in [2.75, 3.05) is 53.5 Å². The minimum atomic E-state index is 0.0770. The van der Waals surface area contributed by atoms with Crippen molar-refractivity contribution < 1.29 is 19.1 Å². The van der Waals surface area contributed by atoms with E-state index in [2.05, 4.69) is 51.6 Å². The monoisotopic (exact) mass is 821 g/mol. The van der Waals surface area contributed by atoms with Crippen LogP contribution in [0.15, 0.2) is 0 Å². The fourth-order valence-corrected chi connectivity index (χ4v) is 8.28. The van der Waals surface area contributed by atoms with Gasteiger partial charge in [0.2, 0.25) is 0 Å². The Balaban J connectivity index is 4.11. The Morgan fingerprint density at radius 2 is 0.621 bits per heavy atom. The zero-order valence-electron chi connectivity index (χ0n) is 40.4. The summed E-state index contributed by atoms with van der Waals surface area (Å²) in [5.41, 5.74) is 0. The largest absolute Gasteiger partial charge is 0.465 e. The van der Waals surface area contributed by atoms with Gasteiger partial charge in [0.15, 0.2) is 0 Å². The van der Waals surface area contributed by atoms with Crippen LogP contribution in [0.25, 0.3) is 0 Å². The molecule has 0 fully saturated rings. The summed E-state index contributed by atoms with van der Waals surface area (Å²) in [6, 6.07) is 0. The van der Waals surface area contributed by atoms with Gasteiger partial charge in [-0.2, -0.15) is 0 Å². The second-order valence-corrected chi connectivity index (χ2v) is 18.4. The van der Waals surface area contributed by atoms with Gasteiger partial charge in [0.25, 0.3) is 0 Å². The van der Waals surface area contributed by atoms with E-state index in [-0.39, 0.29) is 23.8 Å². The van der Waals surface area contributed by atoms with Crippen LogP contribution in [-0.2, 0) is 19.1 Å². The van der Waals surface area contributed by atoms with Crippen molar-refractivity contribution >= 4 is 11.9 Å². The number of likely N-dealkylation sites (N-methyl/N-ethyl adjacent to an activating group) is 1. The lowest BCUT2D eigenvalue weighted by molar-refractivity contribution is -0.150. The maximum Gasteiger partial charge on any atom is 0.308 e. The molecule has 0 rings (SSSR count). The van der Waals surface area contributed by atoms with Gasteiger partial charge in [0.05, 0.1) is 25.0 Å². The third-order valence-electron chi connectivity index (χ3n) is 12.4. The van der Waals surface area contributed by atoms with Crippen molar-refractivity contribution in [1.29, 1.82) is 0 Å². The topological polar surface area (TPSA) is 59.1 Å². The lowest BCUT2D eigenvalue weighted by atomic mass is 9.94. The molecule has 6 heteroatoms. The van der Waals surface area contributed by atoms with Crippen LogP contribution >= 0.6 is 0 Å². The first-order valence-corrected chi connectivity index (χ1v) is 26.1. The highest BCUT2D eigenvalue weighted by molar-refractivity contribution is 5.72. The Bertz CT molecular complexity index is 839. The number of carbonyl (C=O) groups is 2. The van der Waals surface area contributed by atoms with E-state index in [0.29, 0.717) is 13.2 Å². The van der Waals surface area contributed by atoms with Crippen LogP contribution in [-0.4, -0.2) is 75.2 Å². The lowest BCUT2D eigenvalue weighted by Crippen LogP contribution is -2.33. The summed E-state index contributed by atoms with van der Waals surface area (Å²) in [7, 11) is 4.37. The summed E-state index contributed by atoms with van der Waals surface area (Å²) in [6.07, 6.45) is 43.9. The molecule has 0 aliphatic heterocycles. The van der Waals surface area contributed by atoms with E-state index >= 15 is 0 Å². The highest BCUT2D eigenvalue weighted by atomic mass is 16.5. The van der Waals surface area contributed by atoms with Crippen molar-refractivity contribution in [2.24, 2.45) is 11.8 Å². The van der Waals surface area contributed by atoms with Crippen molar-refractivity contribution in [3.05, 3.63) is 0 Å². The molecule has 0 saturated carbocycles. The molecular weight excluding hydrogens is 717 g/mol. The molecule has 0 radical (unpaired) electrons. The first-order chi connectivity index (χ1) is 28.4. The number of ether oxygens (including phenoxy) is 2. The van der Waals surface area contributed by atoms with Gasteiger partial charge in [-0.3, -0.25) is 9.59 Å². The highest BCUT2D eigenvalue weighted by Gasteiger charge is 2.20. The maximum absolute atomic E-state index is 12.9. The molecule has 0 aromatic carbocycles. The standard InChI is InChI=1S/C52H104N2O4/c1-7-11-15-19-26-34-42-50(41-33-18-14-10-4)52(56)58-48-38-30-25-21-23-28-36-44-54(46-45-53(5)6)43-35-27-22-20-24-29-37-47-57-51(55)49(39-31-16-12-8-2)40-32-17-13-9-3/h49-50H,7-48H2,1-6H3. The van der Waals surface area contributed by atoms with Gasteiger partial charge in [-0.25, -0.2) is 0 Å². The molecule has 1 atom stereocenters. The SMILES string of the molecule is CCCCCCCCC(CCCCCC)C(=O)OCCCCCCCCCN(CCCCCCCCCOC(=O)C(CCCCCC)CCCCCC)CCN(C)C. The lowest BCUT2D eigenvalue weighted by Gasteiger charge is -2.24. The van der Waals surface area contributed by atoms with Crippen LogP contribution < -0.4 is 0 Å². The second kappa shape index (κ2) is 45.4. The molecule has 1 unspecified atom stereocenters. The molecular formula is C52H104N2O4. The zero-order valence-corrected chi connectivity index (χ0v) is 40.4. The van der Waals surface area contributed by atoms with E-state index in [1.165, 1.54) is 199 Å². The molecule has 0 aliphatic rings. The van der Waals surface area contributed by atoms with Crippen LogP contribution in [0.3, 0.4) is 0 Å².